The molecule has 110 valence electrons. The Morgan fingerprint density at radius 3 is 2.29 bits per heavy atom. The SMILES string of the molecule is O=[N+]([O-])c1ccc(Sc2cccc(OC(F)(F)F)c2)cc1. The standard InChI is InChI=1S/C13H8F3NO3S/c14-13(15,16)20-10-2-1-3-12(8-10)21-11-6-4-9(5-7-11)17(18)19/h1-8H. The number of ether oxygens (including phenoxy) is 1. The number of nitro benzene ring substituents is 1. The minimum Gasteiger partial charge on any atom is -0.406 e. The Morgan fingerprint density at radius 1 is 1.05 bits per heavy atom. The number of non-ortho nitro benzene ring substituents is 1. The monoisotopic (exact) mass is 315 g/mol. The summed E-state index contributed by atoms with van der Waals surface area (Å²) in [4.78, 5) is 11.2. The molecule has 0 saturated heterocycles. The number of nitrogens with zero attached hydrogens (tertiary/aromatic N) is 1. The van der Waals surface area contributed by atoms with Crippen LogP contribution in [-0.2, 0) is 0 Å². The molecule has 0 unspecified atom stereocenters. The van der Waals surface area contributed by atoms with Crippen LogP contribution in [0.5, 0.6) is 5.75 Å². The highest BCUT2D eigenvalue weighted by Gasteiger charge is 2.31. The van der Waals surface area contributed by atoms with E-state index in [4.69, 9.17) is 0 Å². The summed E-state index contributed by atoms with van der Waals surface area (Å²) in [5.74, 6) is -0.311. The molecule has 0 amide bonds. The van der Waals surface area contributed by atoms with Gasteiger partial charge in [-0.05, 0) is 30.3 Å². The lowest BCUT2D eigenvalue weighted by Crippen LogP contribution is -2.17. The van der Waals surface area contributed by atoms with Gasteiger partial charge in [-0.2, -0.15) is 0 Å². The fourth-order valence-corrected chi connectivity index (χ4v) is 2.37. The van der Waals surface area contributed by atoms with Crippen LogP contribution >= 0.6 is 11.8 Å². The molecule has 0 aliphatic carbocycles. The third-order valence-electron chi connectivity index (χ3n) is 2.32. The smallest absolute Gasteiger partial charge is 0.406 e. The minimum absolute atomic E-state index is 0.0477. The second-order valence-electron chi connectivity index (χ2n) is 3.88. The zero-order valence-electron chi connectivity index (χ0n) is 10.3. The highest BCUT2D eigenvalue weighted by molar-refractivity contribution is 7.99. The molecule has 0 spiro atoms. The molecule has 4 nitrogen and oxygen atoms in total. The molecule has 2 aromatic rings. The largest absolute Gasteiger partial charge is 0.573 e. The average Bonchev–Trinajstić information content (AvgIpc) is 2.37. The summed E-state index contributed by atoms with van der Waals surface area (Å²) < 4.78 is 40.2. The lowest BCUT2D eigenvalue weighted by Gasteiger charge is -2.09. The average molecular weight is 315 g/mol. The van der Waals surface area contributed by atoms with Gasteiger partial charge in [0.1, 0.15) is 5.75 Å². The predicted molar refractivity (Wildman–Crippen MR) is 70.3 cm³/mol. The highest BCUT2D eigenvalue weighted by atomic mass is 32.2. The molecule has 0 fully saturated rings. The first-order valence-electron chi connectivity index (χ1n) is 5.61. The quantitative estimate of drug-likeness (QED) is 0.609. The Bertz CT molecular complexity index is 644. The van der Waals surface area contributed by atoms with E-state index in [0.29, 0.717) is 9.79 Å². The minimum atomic E-state index is -4.74. The number of nitro groups is 1. The Hall–Kier alpha value is -2.22. The van der Waals surface area contributed by atoms with Crippen molar-refractivity contribution < 1.29 is 22.8 Å². The van der Waals surface area contributed by atoms with E-state index in [9.17, 15) is 23.3 Å². The Labute approximate surface area is 121 Å². The van der Waals surface area contributed by atoms with Crippen LogP contribution in [0, 0.1) is 10.1 Å². The highest BCUT2D eigenvalue weighted by Crippen LogP contribution is 2.32. The second-order valence-corrected chi connectivity index (χ2v) is 5.02. The number of benzene rings is 2. The van der Waals surface area contributed by atoms with Gasteiger partial charge >= 0.3 is 6.36 Å². The topological polar surface area (TPSA) is 52.4 Å². The number of halogens is 3. The first kappa shape index (κ1) is 15.2. The maximum atomic E-state index is 12.1. The van der Waals surface area contributed by atoms with Gasteiger partial charge in [0.25, 0.3) is 5.69 Å². The van der Waals surface area contributed by atoms with Gasteiger partial charge in [0, 0.05) is 21.9 Å². The van der Waals surface area contributed by atoms with Crippen LogP contribution in [0.15, 0.2) is 58.3 Å². The molecule has 2 aromatic carbocycles. The van der Waals surface area contributed by atoms with Crippen LogP contribution in [0.25, 0.3) is 0 Å². The van der Waals surface area contributed by atoms with Crippen molar-refractivity contribution in [2.24, 2.45) is 0 Å². The molecule has 8 heteroatoms. The van der Waals surface area contributed by atoms with Crippen molar-refractivity contribution in [3.63, 3.8) is 0 Å². The first-order valence-corrected chi connectivity index (χ1v) is 6.43. The summed E-state index contributed by atoms with van der Waals surface area (Å²) in [6.45, 7) is 0. The van der Waals surface area contributed by atoms with E-state index in [1.807, 2.05) is 0 Å². The van der Waals surface area contributed by atoms with Crippen LogP contribution in [0.2, 0.25) is 0 Å². The summed E-state index contributed by atoms with van der Waals surface area (Å²) in [6, 6.07) is 11.2. The molecule has 0 N–H and O–H groups in total. The van der Waals surface area contributed by atoms with Crippen molar-refractivity contribution in [2.45, 2.75) is 16.2 Å². The molecule has 0 saturated carbocycles. The fraction of sp³-hybridized carbons (Fsp3) is 0.0769. The molecule has 0 heterocycles. The van der Waals surface area contributed by atoms with Crippen LogP contribution in [-0.4, -0.2) is 11.3 Å². The molecule has 0 atom stereocenters. The normalized spacial score (nSPS) is 11.2. The van der Waals surface area contributed by atoms with E-state index in [-0.39, 0.29) is 11.4 Å². The van der Waals surface area contributed by atoms with Gasteiger partial charge in [0.15, 0.2) is 0 Å². The lowest BCUT2D eigenvalue weighted by molar-refractivity contribution is -0.384. The van der Waals surface area contributed by atoms with Crippen molar-refractivity contribution >= 4 is 17.4 Å². The zero-order valence-corrected chi connectivity index (χ0v) is 11.1. The number of rotatable bonds is 4. The van der Waals surface area contributed by atoms with Gasteiger partial charge in [-0.15, -0.1) is 13.2 Å². The van der Waals surface area contributed by atoms with Crippen LogP contribution in [0.3, 0.4) is 0 Å². The van der Waals surface area contributed by atoms with Gasteiger partial charge in [-0.25, -0.2) is 0 Å². The maximum absolute atomic E-state index is 12.1. The summed E-state index contributed by atoms with van der Waals surface area (Å²) in [5.41, 5.74) is -0.0477. The number of hydrogen-bond acceptors (Lipinski definition) is 4. The predicted octanol–water partition coefficient (Wildman–Crippen LogP) is 4.64. The Balaban J connectivity index is 2.12. The molecule has 0 bridgehead atoms. The number of hydrogen-bond donors (Lipinski definition) is 0. The summed E-state index contributed by atoms with van der Waals surface area (Å²) >= 11 is 1.18. The maximum Gasteiger partial charge on any atom is 0.573 e. The number of alkyl halides is 3. The molecular weight excluding hydrogens is 307 g/mol. The van der Waals surface area contributed by atoms with Crippen molar-refractivity contribution in [2.75, 3.05) is 0 Å². The first-order chi connectivity index (χ1) is 9.83. The second kappa shape index (κ2) is 6.04. The van der Waals surface area contributed by atoms with E-state index in [0.717, 1.165) is 0 Å². The van der Waals surface area contributed by atoms with E-state index in [1.54, 1.807) is 6.07 Å². The van der Waals surface area contributed by atoms with Crippen LogP contribution in [0.1, 0.15) is 0 Å². The van der Waals surface area contributed by atoms with Gasteiger partial charge < -0.3 is 4.74 Å². The van der Waals surface area contributed by atoms with Crippen LogP contribution < -0.4 is 4.74 Å². The fourth-order valence-electron chi connectivity index (χ4n) is 1.51. The Kier molecular flexibility index (Phi) is 4.37. The van der Waals surface area contributed by atoms with Crippen molar-refractivity contribution in [1.82, 2.24) is 0 Å². The van der Waals surface area contributed by atoms with E-state index in [2.05, 4.69) is 4.74 Å². The van der Waals surface area contributed by atoms with Crippen molar-refractivity contribution in [3.05, 3.63) is 58.6 Å². The van der Waals surface area contributed by atoms with Gasteiger partial charge in [-0.3, -0.25) is 10.1 Å². The van der Waals surface area contributed by atoms with Crippen LogP contribution in [0.4, 0.5) is 18.9 Å². The van der Waals surface area contributed by atoms with Gasteiger partial charge in [0.2, 0.25) is 0 Å². The van der Waals surface area contributed by atoms with Gasteiger partial charge in [0.05, 0.1) is 4.92 Å². The van der Waals surface area contributed by atoms with E-state index in [1.165, 1.54) is 54.2 Å². The lowest BCUT2D eigenvalue weighted by atomic mass is 10.3. The zero-order chi connectivity index (χ0) is 15.5. The molecule has 0 aliphatic rings. The van der Waals surface area contributed by atoms with E-state index >= 15 is 0 Å². The Morgan fingerprint density at radius 2 is 1.71 bits per heavy atom. The molecule has 21 heavy (non-hydrogen) atoms. The summed E-state index contributed by atoms with van der Waals surface area (Å²) in [6.07, 6.45) is -4.74. The molecule has 2 rings (SSSR count). The molecular formula is C13H8F3NO3S. The van der Waals surface area contributed by atoms with Crippen molar-refractivity contribution in [3.8, 4) is 5.75 Å². The molecule has 0 aromatic heterocycles. The molecule has 0 radical (unpaired) electrons. The summed E-state index contributed by atoms with van der Waals surface area (Å²) in [5, 5.41) is 10.5. The van der Waals surface area contributed by atoms with Crippen molar-refractivity contribution in [1.29, 1.82) is 0 Å². The van der Waals surface area contributed by atoms with E-state index < -0.39 is 11.3 Å². The third kappa shape index (κ3) is 4.67. The van der Waals surface area contributed by atoms with Gasteiger partial charge in [-0.1, -0.05) is 17.8 Å². The molecule has 0 aliphatic heterocycles. The third-order valence-corrected chi connectivity index (χ3v) is 3.32. The summed E-state index contributed by atoms with van der Waals surface area (Å²) in [7, 11) is 0.